The number of hydrogen-bond acceptors (Lipinski definition) is 5. The molecule has 0 fully saturated rings. The second kappa shape index (κ2) is 10.1. The average molecular weight is 494 g/mol. The minimum atomic E-state index is 0.393. The van der Waals surface area contributed by atoms with Gasteiger partial charge in [-0.3, -0.25) is 0 Å². The first-order chi connectivity index (χ1) is 18.4. The first-order valence-corrected chi connectivity index (χ1v) is 12.3. The lowest BCUT2D eigenvalue weighted by atomic mass is 9.87. The van der Waals surface area contributed by atoms with Gasteiger partial charge in [-0.25, -0.2) is 4.98 Å². The van der Waals surface area contributed by atoms with E-state index in [0.29, 0.717) is 28.1 Å². The van der Waals surface area contributed by atoms with Crippen LogP contribution in [-0.2, 0) is 0 Å². The van der Waals surface area contributed by atoms with E-state index in [2.05, 4.69) is 12.1 Å². The minimum Gasteiger partial charge on any atom is -0.378 e. The molecule has 0 aliphatic carbocycles. The van der Waals surface area contributed by atoms with Gasteiger partial charge in [0.25, 0.3) is 0 Å². The number of benzene rings is 4. The SMILES string of the molecule is CN(C)c1ccc(-c2nc(-c3ccc(N(C)C)cc3)c(C#N)c(-c3cccc4ccccc34)c2C#N)cc1. The van der Waals surface area contributed by atoms with E-state index in [1.807, 2.05) is 129 Å². The lowest BCUT2D eigenvalue weighted by Crippen LogP contribution is -2.08. The molecule has 0 saturated heterocycles. The molecule has 5 rings (SSSR count). The fourth-order valence-corrected chi connectivity index (χ4v) is 4.77. The fourth-order valence-electron chi connectivity index (χ4n) is 4.77. The van der Waals surface area contributed by atoms with Gasteiger partial charge in [0.05, 0.1) is 22.5 Å². The summed E-state index contributed by atoms with van der Waals surface area (Å²) < 4.78 is 0. The molecule has 5 aromatic rings. The van der Waals surface area contributed by atoms with Crippen LogP contribution in [0.4, 0.5) is 11.4 Å². The van der Waals surface area contributed by atoms with Gasteiger partial charge in [0.1, 0.15) is 12.1 Å². The van der Waals surface area contributed by atoms with Crippen LogP contribution in [-0.4, -0.2) is 33.2 Å². The smallest absolute Gasteiger partial charge is 0.102 e. The molecule has 0 bridgehead atoms. The highest BCUT2D eigenvalue weighted by molar-refractivity contribution is 6.02. The van der Waals surface area contributed by atoms with E-state index >= 15 is 0 Å². The lowest BCUT2D eigenvalue weighted by Gasteiger charge is -2.18. The third-order valence-electron chi connectivity index (χ3n) is 6.79. The van der Waals surface area contributed by atoms with Gasteiger partial charge >= 0.3 is 0 Å². The van der Waals surface area contributed by atoms with Gasteiger partial charge in [-0.1, -0.05) is 66.7 Å². The first-order valence-electron chi connectivity index (χ1n) is 12.3. The number of nitrogens with zero attached hydrogens (tertiary/aromatic N) is 5. The number of aromatic nitrogens is 1. The Balaban J connectivity index is 1.88. The summed E-state index contributed by atoms with van der Waals surface area (Å²) in [7, 11) is 7.96. The van der Waals surface area contributed by atoms with Crippen LogP contribution in [0.15, 0.2) is 91.0 Å². The molecular weight excluding hydrogens is 466 g/mol. The van der Waals surface area contributed by atoms with Crippen LogP contribution in [0.5, 0.6) is 0 Å². The Bertz CT molecular complexity index is 1630. The van der Waals surface area contributed by atoms with Crippen LogP contribution in [0.2, 0.25) is 0 Å². The van der Waals surface area contributed by atoms with E-state index in [4.69, 9.17) is 4.98 Å². The lowest BCUT2D eigenvalue weighted by molar-refractivity contribution is 1.13. The summed E-state index contributed by atoms with van der Waals surface area (Å²) in [5, 5.41) is 23.0. The molecule has 0 aliphatic rings. The maximum Gasteiger partial charge on any atom is 0.102 e. The van der Waals surface area contributed by atoms with E-state index in [9.17, 15) is 10.5 Å². The minimum absolute atomic E-state index is 0.393. The highest BCUT2D eigenvalue weighted by Crippen LogP contribution is 2.41. The van der Waals surface area contributed by atoms with Crippen molar-refractivity contribution in [1.29, 1.82) is 10.5 Å². The third-order valence-corrected chi connectivity index (χ3v) is 6.79. The van der Waals surface area contributed by atoms with Crippen molar-refractivity contribution >= 4 is 22.1 Å². The normalized spacial score (nSPS) is 10.6. The number of fused-ring (bicyclic) bond motifs is 1. The second-order valence-corrected chi connectivity index (χ2v) is 9.57. The Hall–Kier alpha value is -5.13. The summed E-state index contributed by atoms with van der Waals surface area (Å²) in [6.45, 7) is 0. The van der Waals surface area contributed by atoms with Crippen molar-refractivity contribution in [2.75, 3.05) is 38.0 Å². The third kappa shape index (κ3) is 4.32. The van der Waals surface area contributed by atoms with E-state index in [1.165, 1.54) is 0 Å². The summed E-state index contributed by atoms with van der Waals surface area (Å²) in [6.07, 6.45) is 0. The Morgan fingerprint density at radius 2 is 1.05 bits per heavy atom. The zero-order chi connectivity index (χ0) is 26.8. The van der Waals surface area contributed by atoms with Gasteiger partial charge in [0.15, 0.2) is 0 Å². The summed E-state index contributed by atoms with van der Waals surface area (Å²) in [4.78, 5) is 9.05. The van der Waals surface area contributed by atoms with Gasteiger partial charge in [-0.05, 0) is 40.6 Å². The van der Waals surface area contributed by atoms with Crippen molar-refractivity contribution in [3.05, 3.63) is 102 Å². The van der Waals surface area contributed by atoms with Crippen LogP contribution < -0.4 is 9.80 Å². The van der Waals surface area contributed by atoms with Crippen LogP contribution >= 0.6 is 0 Å². The van der Waals surface area contributed by atoms with E-state index in [0.717, 1.165) is 38.8 Å². The van der Waals surface area contributed by atoms with Crippen LogP contribution in [0.25, 0.3) is 44.4 Å². The fraction of sp³-hybridized carbons (Fsp3) is 0.121. The molecule has 1 aromatic heterocycles. The summed E-state index contributed by atoms with van der Waals surface area (Å²) in [5.74, 6) is 0. The van der Waals surface area contributed by atoms with Crippen molar-refractivity contribution in [2.24, 2.45) is 0 Å². The predicted molar refractivity (Wildman–Crippen MR) is 156 cm³/mol. The molecule has 0 radical (unpaired) electrons. The standard InChI is InChI=1S/C33H27N5/c1-37(2)25-16-12-23(13-17-25)32-29(20-34)31(28-11-7-9-22-8-5-6-10-27(22)28)30(21-35)33(36-32)24-14-18-26(19-15-24)38(3)4/h5-19H,1-4H3. The van der Waals surface area contributed by atoms with Gasteiger partial charge in [0.2, 0.25) is 0 Å². The van der Waals surface area contributed by atoms with Crippen LogP contribution in [0.1, 0.15) is 11.1 Å². The molecule has 0 aliphatic heterocycles. The number of rotatable bonds is 5. The molecule has 0 atom stereocenters. The molecule has 184 valence electrons. The summed E-state index contributed by atoms with van der Waals surface area (Å²) in [5.41, 5.74) is 7.11. The average Bonchev–Trinajstić information content (AvgIpc) is 2.95. The zero-order valence-corrected chi connectivity index (χ0v) is 21.9. The second-order valence-electron chi connectivity index (χ2n) is 9.57. The van der Waals surface area contributed by atoms with Crippen molar-refractivity contribution in [1.82, 2.24) is 4.98 Å². The quantitative estimate of drug-likeness (QED) is 0.261. The molecule has 0 saturated carbocycles. The predicted octanol–water partition coefficient (Wildman–Crippen LogP) is 7.11. The molecule has 1 heterocycles. The maximum absolute atomic E-state index is 10.5. The Kier molecular flexibility index (Phi) is 6.52. The number of nitriles is 2. The number of hydrogen-bond donors (Lipinski definition) is 0. The molecule has 4 aromatic carbocycles. The van der Waals surface area contributed by atoms with E-state index in [-0.39, 0.29) is 0 Å². The van der Waals surface area contributed by atoms with Crippen LogP contribution in [0.3, 0.4) is 0 Å². The summed E-state index contributed by atoms with van der Waals surface area (Å²) in [6, 6.07) is 34.8. The topological polar surface area (TPSA) is 67.0 Å². The van der Waals surface area contributed by atoms with Crippen molar-refractivity contribution < 1.29 is 0 Å². The highest BCUT2D eigenvalue weighted by atomic mass is 15.1. The highest BCUT2D eigenvalue weighted by Gasteiger charge is 2.24. The molecule has 0 N–H and O–H groups in total. The van der Waals surface area contributed by atoms with Crippen molar-refractivity contribution in [3.8, 4) is 45.8 Å². The number of anilines is 2. The molecule has 5 heteroatoms. The molecule has 38 heavy (non-hydrogen) atoms. The monoisotopic (exact) mass is 493 g/mol. The van der Waals surface area contributed by atoms with Gasteiger partial charge < -0.3 is 9.80 Å². The van der Waals surface area contributed by atoms with E-state index in [1.54, 1.807) is 0 Å². The molecule has 0 spiro atoms. The first kappa shape index (κ1) is 24.6. The van der Waals surface area contributed by atoms with E-state index < -0.39 is 0 Å². The molecule has 0 amide bonds. The molecular formula is C33H27N5. The van der Waals surface area contributed by atoms with Gasteiger partial charge in [0, 0.05) is 56.3 Å². The van der Waals surface area contributed by atoms with Crippen molar-refractivity contribution in [3.63, 3.8) is 0 Å². The Morgan fingerprint density at radius 3 is 1.53 bits per heavy atom. The Morgan fingerprint density at radius 1 is 0.579 bits per heavy atom. The summed E-state index contributed by atoms with van der Waals surface area (Å²) >= 11 is 0. The van der Waals surface area contributed by atoms with Gasteiger partial charge in [-0.15, -0.1) is 0 Å². The van der Waals surface area contributed by atoms with Crippen LogP contribution in [0, 0.1) is 22.7 Å². The largest absolute Gasteiger partial charge is 0.378 e. The molecule has 0 unspecified atom stereocenters. The molecule has 5 nitrogen and oxygen atoms in total. The van der Waals surface area contributed by atoms with Gasteiger partial charge in [-0.2, -0.15) is 10.5 Å². The number of pyridine rings is 1. The zero-order valence-electron chi connectivity index (χ0n) is 21.9. The maximum atomic E-state index is 10.5. The van der Waals surface area contributed by atoms with Crippen molar-refractivity contribution in [2.45, 2.75) is 0 Å². The Labute approximate surface area is 223 Å².